The van der Waals surface area contributed by atoms with E-state index in [1.807, 2.05) is 10.7 Å². The van der Waals surface area contributed by atoms with Crippen LogP contribution in [0.3, 0.4) is 0 Å². The van der Waals surface area contributed by atoms with Crippen LogP contribution in [-0.2, 0) is 4.79 Å². The molecule has 0 radical (unpaired) electrons. The van der Waals surface area contributed by atoms with Gasteiger partial charge in [0.1, 0.15) is 5.82 Å². The van der Waals surface area contributed by atoms with Gasteiger partial charge in [0.2, 0.25) is 5.91 Å². The van der Waals surface area contributed by atoms with E-state index < -0.39 is 0 Å². The molecule has 1 aromatic heterocycles. The van der Waals surface area contributed by atoms with Crippen molar-refractivity contribution in [2.24, 2.45) is 17.3 Å². The summed E-state index contributed by atoms with van der Waals surface area (Å²) in [6.45, 7) is 4.31. The number of piperidine rings is 1. The van der Waals surface area contributed by atoms with Gasteiger partial charge in [-0.15, -0.1) is 0 Å². The Morgan fingerprint density at radius 1 is 1.48 bits per heavy atom. The zero-order valence-corrected chi connectivity index (χ0v) is 12.6. The molecule has 0 aromatic carbocycles. The van der Waals surface area contributed by atoms with Gasteiger partial charge in [0, 0.05) is 12.0 Å². The monoisotopic (exact) mass is 288 g/mol. The van der Waals surface area contributed by atoms with E-state index in [9.17, 15) is 4.79 Å². The number of anilines is 1. The average Bonchev–Trinajstić information content (AvgIpc) is 3.39. The van der Waals surface area contributed by atoms with Crippen LogP contribution in [0.1, 0.15) is 45.1 Å². The third-order valence-corrected chi connectivity index (χ3v) is 5.72. The lowest BCUT2D eigenvalue weighted by molar-refractivity contribution is -0.118. The van der Waals surface area contributed by atoms with Crippen LogP contribution in [0.5, 0.6) is 0 Å². The first-order valence-electron chi connectivity index (χ1n) is 8.25. The van der Waals surface area contributed by atoms with Crippen LogP contribution < -0.4 is 10.6 Å². The smallest absolute Gasteiger partial charge is 0.229 e. The van der Waals surface area contributed by atoms with Gasteiger partial charge in [-0.3, -0.25) is 4.79 Å². The van der Waals surface area contributed by atoms with Crippen LogP contribution in [0, 0.1) is 17.3 Å². The number of carbonyl (C=O) groups excluding carboxylic acids is 1. The van der Waals surface area contributed by atoms with Gasteiger partial charge in [-0.2, -0.15) is 5.10 Å². The van der Waals surface area contributed by atoms with Gasteiger partial charge in [-0.25, -0.2) is 4.68 Å². The van der Waals surface area contributed by atoms with Crippen LogP contribution >= 0.6 is 0 Å². The van der Waals surface area contributed by atoms with Gasteiger partial charge in [-0.1, -0.05) is 0 Å². The molecular formula is C16H24N4O. The Labute approximate surface area is 125 Å². The first-order valence-corrected chi connectivity index (χ1v) is 8.25. The van der Waals surface area contributed by atoms with E-state index in [1.54, 1.807) is 6.20 Å². The normalized spacial score (nSPS) is 28.3. The summed E-state index contributed by atoms with van der Waals surface area (Å²) in [5.74, 6) is 2.01. The molecule has 2 saturated carbocycles. The molecule has 5 heteroatoms. The lowest BCUT2D eigenvalue weighted by Gasteiger charge is -2.23. The standard InChI is InChI=1S/C16H24N4O/c1-11(12-2-3-12)20-14(4-7-18-20)19-15(21)13-10-16(13)5-8-17-9-6-16/h4,7,11-13,17H,2-3,5-6,8-10H2,1H3,(H,19,21). The molecule has 2 aliphatic carbocycles. The molecule has 21 heavy (non-hydrogen) atoms. The number of aromatic nitrogens is 2. The zero-order valence-electron chi connectivity index (χ0n) is 12.6. The molecular weight excluding hydrogens is 264 g/mol. The average molecular weight is 288 g/mol. The molecule has 1 spiro atoms. The molecule has 1 amide bonds. The summed E-state index contributed by atoms with van der Waals surface area (Å²) in [6.07, 6.45) is 7.71. The summed E-state index contributed by atoms with van der Waals surface area (Å²) in [5.41, 5.74) is 0.294. The molecule has 4 rings (SSSR count). The highest BCUT2D eigenvalue weighted by Crippen LogP contribution is 2.58. The summed E-state index contributed by atoms with van der Waals surface area (Å²) in [6, 6.07) is 2.32. The van der Waals surface area contributed by atoms with E-state index >= 15 is 0 Å². The summed E-state index contributed by atoms with van der Waals surface area (Å²) in [7, 11) is 0. The van der Waals surface area contributed by atoms with Crippen LogP contribution in [0.25, 0.3) is 0 Å². The zero-order chi connectivity index (χ0) is 14.4. The molecule has 3 fully saturated rings. The van der Waals surface area contributed by atoms with Crippen molar-refractivity contribution >= 4 is 11.7 Å². The topological polar surface area (TPSA) is 59.0 Å². The number of carbonyl (C=O) groups is 1. The highest BCUT2D eigenvalue weighted by Gasteiger charge is 2.57. The van der Waals surface area contributed by atoms with E-state index in [0.29, 0.717) is 11.5 Å². The molecule has 1 aliphatic heterocycles. The molecule has 1 saturated heterocycles. The summed E-state index contributed by atoms with van der Waals surface area (Å²) >= 11 is 0. The van der Waals surface area contributed by atoms with Crippen molar-refractivity contribution in [1.29, 1.82) is 0 Å². The Morgan fingerprint density at radius 3 is 2.95 bits per heavy atom. The summed E-state index contributed by atoms with van der Waals surface area (Å²) in [5, 5.41) is 10.9. The summed E-state index contributed by atoms with van der Waals surface area (Å²) < 4.78 is 1.99. The van der Waals surface area contributed by atoms with E-state index in [1.165, 1.54) is 12.8 Å². The first-order chi connectivity index (χ1) is 10.2. The van der Waals surface area contributed by atoms with Crippen molar-refractivity contribution in [1.82, 2.24) is 15.1 Å². The fraction of sp³-hybridized carbons (Fsp3) is 0.750. The second kappa shape index (κ2) is 4.83. The number of nitrogens with zero attached hydrogens (tertiary/aromatic N) is 2. The molecule has 2 N–H and O–H groups in total. The lowest BCUT2D eigenvalue weighted by Crippen LogP contribution is -2.32. The number of amides is 1. The predicted molar refractivity (Wildman–Crippen MR) is 80.9 cm³/mol. The minimum absolute atomic E-state index is 0.196. The number of nitrogens with one attached hydrogen (secondary N) is 2. The van der Waals surface area contributed by atoms with E-state index in [-0.39, 0.29) is 11.8 Å². The van der Waals surface area contributed by atoms with Crippen molar-refractivity contribution in [3.05, 3.63) is 12.3 Å². The van der Waals surface area contributed by atoms with E-state index in [0.717, 1.165) is 44.1 Å². The Hall–Kier alpha value is -1.36. The minimum atomic E-state index is 0.196. The van der Waals surface area contributed by atoms with Gasteiger partial charge in [0.05, 0.1) is 12.2 Å². The van der Waals surface area contributed by atoms with Crippen LogP contribution in [0.4, 0.5) is 5.82 Å². The fourth-order valence-corrected chi connectivity index (χ4v) is 3.93. The van der Waals surface area contributed by atoms with Gasteiger partial charge in [0.15, 0.2) is 0 Å². The minimum Gasteiger partial charge on any atom is -0.317 e. The molecule has 2 heterocycles. The van der Waals surface area contributed by atoms with Gasteiger partial charge in [-0.05, 0) is 63.5 Å². The third kappa shape index (κ3) is 2.37. The number of hydrogen-bond acceptors (Lipinski definition) is 3. The van der Waals surface area contributed by atoms with Gasteiger partial charge in [0.25, 0.3) is 0 Å². The van der Waals surface area contributed by atoms with Gasteiger partial charge >= 0.3 is 0 Å². The van der Waals surface area contributed by atoms with E-state index in [4.69, 9.17) is 0 Å². The maximum atomic E-state index is 12.5. The first kappa shape index (κ1) is 13.3. The second-order valence-corrected chi connectivity index (χ2v) is 7.10. The Morgan fingerprint density at radius 2 is 2.24 bits per heavy atom. The van der Waals surface area contributed by atoms with Crippen molar-refractivity contribution in [2.75, 3.05) is 18.4 Å². The molecule has 0 bridgehead atoms. The number of hydrogen-bond donors (Lipinski definition) is 2. The molecule has 3 aliphatic rings. The van der Waals surface area contributed by atoms with Crippen LogP contribution in [0.2, 0.25) is 0 Å². The molecule has 2 atom stereocenters. The third-order valence-electron chi connectivity index (χ3n) is 5.72. The largest absolute Gasteiger partial charge is 0.317 e. The Kier molecular flexibility index (Phi) is 3.06. The van der Waals surface area contributed by atoms with E-state index in [2.05, 4.69) is 22.7 Å². The number of rotatable bonds is 4. The van der Waals surface area contributed by atoms with Crippen LogP contribution in [0.15, 0.2) is 12.3 Å². The second-order valence-electron chi connectivity index (χ2n) is 7.10. The fourth-order valence-electron chi connectivity index (χ4n) is 3.93. The predicted octanol–water partition coefficient (Wildman–Crippen LogP) is 2.18. The molecule has 1 aromatic rings. The lowest BCUT2D eigenvalue weighted by atomic mass is 9.92. The van der Waals surface area contributed by atoms with Crippen LogP contribution in [-0.4, -0.2) is 28.8 Å². The highest BCUT2D eigenvalue weighted by atomic mass is 16.2. The van der Waals surface area contributed by atoms with Crippen molar-refractivity contribution in [3.63, 3.8) is 0 Å². The Balaban J connectivity index is 1.42. The highest BCUT2D eigenvalue weighted by molar-refractivity contribution is 5.94. The van der Waals surface area contributed by atoms with Gasteiger partial charge < -0.3 is 10.6 Å². The SMILES string of the molecule is CC(C1CC1)n1nccc1NC(=O)C1CC12CCNCC2. The van der Waals surface area contributed by atoms with Crippen molar-refractivity contribution in [3.8, 4) is 0 Å². The molecule has 5 nitrogen and oxygen atoms in total. The Bertz CT molecular complexity index is 542. The van der Waals surface area contributed by atoms with Crippen molar-refractivity contribution < 1.29 is 4.79 Å². The van der Waals surface area contributed by atoms with Crippen molar-refractivity contribution in [2.45, 2.75) is 45.1 Å². The molecule has 114 valence electrons. The quantitative estimate of drug-likeness (QED) is 0.893. The maximum absolute atomic E-state index is 12.5. The summed E-state index contributed by atoms with van der Waals surface area (Å²) in [4.78, 5) is 12.5. The molecule has 2 unspecified atom stereocenters. The maximum Gasteiger partial charge on any atom is 0.229 e.